The highest BCUT2D eigenvalue weighted by atomic mass is 32.1. The summed E-state index contributed by atoms with van der Waals surface area (Å²) in [5.74, 6) is 1.66. The first kappa shape index (κ1) is 22.5. The van der Waals surface area contributed by atoms with E-state index < -0.39 is 5.97 Å². The molecule has 3 heterocycles. The number of thiazole rings is 1. The van der Waals surface area contributed by atoms with E-state index in [1.165, 1.54) is 17.5 Å². The van der Waals surface area contributed by atoms with Crippen molar-refractivity contribution in [2.75, 3.05) is 19.0 Å². The van der Waals surface area contributed by atoms with Crippen LogP contribution in [0.1, 0.15) is 23.0 Å². The quantitative estimate of drug-likeness (QED) is 0.314. The second-order valence-electron chi connectivity index (χ2n) is 7.58. The number of aromatic nitrogens is 5. The molecule has 5 rings (SSSR count). The molecule has 9 nitrogen and oxygen atoms in total. The standard InChI is InChI=1S/C25H22N6O3S/c1-4-34-24(32)18-14-26-22(16-8-6-5-7-9-16)29-23(18)28-21-12-15(2)30-31(21)25-27-19-11-10-17(33-3)13-20(19)35-25/h5-14H,4H2,1-3H3,(H,26,28,29). The highest BCUT2D eigenvalue weighted by Crippen LogP contribution is 2.31. The van der Waals surface area contributed by atoms with Crippen LogP contribution in [-0.2, 0) is 4.74 Å². The van der Waals surface area contributed by atoms with Crippen LogP contribution in [0.4, 0.5) is 11.6 Å². The molecule has 1 N–H and O–H groups in total. The van der Waals surface area contributed by atoms with E-state index in [4.69, 9.17) is 14.5 Å². The fourth-order valence-electron chi connectivity index (χ4n) is 3.53. The number of hydrogen-bond donors (Lipinski definition) is 1. The zero-order valence-electron chi connectivity index (χ0n) is 19.3. The van der Waals surface area contributed by atoms with E-state index in [0.29, 0.717) is 22.6 Å². The van der Waals surface area contributed by atoms with Gasteiger partial charge in [-0.05, 0) is 32.0 Å². The summed E-state index contributed by atoms with van der Waals surface area (Å²) in [7, 11) is 1.63. The van der Waals surface area contributed by atoms with E-state index in [9.17, 15) is 4.79 Å². The van der Waals surface area contributed by atoms with Gasteiger partial charge in [0.25, 0.3) is 0 Å². The third kappa shape index (κ3) is 4.56. The average Bonchev–Trinajstić information content (AvgIpc) is 3.46. The number of hydrogen-bond acceptors (Lipinski definition) is 9. The molecule has 0 aliphatic carbocycles. The van der Waals surface area contributed by atoms with E-state index in [2.05, 4.69) is 20.4 Å². The minimum Gasteiger partial charge on any atom is -0.497 e. The highest BCUT2D eigenvalue weighted by molar-refractivity contribution is 7.20. The first-order chi connectivity index (χ1) is 17.1. The van der Waals surface area contributed by atoms with Gasteiger partial charge in [-0.15, -0.1) is 0 Å². The first-order valence-corrected chi connectivity index (χ1v) is 11.8. The maximum atomic E-state index is 12.7. The molecular formula is C25H22N6O3S. The lowest BCUT2D eigenvalue weighted by molar-refractivity contribution is 0.0526. The Hall–Kier alpha value is -4.31. The number of carbonyl (C=O) groups is 1. The normalized spacial score (nSPS) is 10.9. The van der Waals surface area contributed by atoms with Crippen molar-refractivity contribution in [1.29, 1.82) is 0 Å². The molecule has 0 bridgehead atoms. The average molecular weight is 487 g/mol. The number of methoxy groups -OCH3 is 1. The van der Waals surface area contributed by atoms with E-state index in [1.807, 2.05) is 61.5 Å². The van der Waals surface area contributed by atoms with Gasteiger partial charge < -0.3 is 14.8 Å². The molecule has 0 atom stereocenters. The van der Waals surface area contributed by atoms with Crippen LogP contribution in [-0.4, -0.2) is 44.4 Å². The van der Waals surface area contributed by atoms with Crippen molar-refractivity contribution in [3.8, 4) is 22.3 Å². The molecule has 0 unspecified atom stereocenters. The molecule has 0 saturated carbocycles. The van der Waals surface area contributed by atoms with Gasteiger partial charge >= 0.3 is 5.97 Å². The van der Waals surface area contributed by atoms with Crippen molar-refractivity contribution in [2.24, 2.45) is 0 Å². The molecule has 10 heteroatoms. The van der Waals surface area contributed by atoms with Crippen LogP contribution in [0, 0.1) is 6.92 Å². The van der Waals surface area contributed by atoms with Crippen molar-refractivity contribution in [1.82, 2.24) is 24.7 Å². The molecule has 0 aliphatic rings. The molecular weight excluding hydrogens is 464 g/mol. The van der Waals surface area contributed by atoms with Crippen LogP contribution < -0.4 is 10.1 Å². The van der Waals surface area contributed by atoms with Crippen molar-refractivity contribution in [3.63, 3.8) is 0 Å². The summed E-state index contributed by atoms with van der Waals surface area (Å²) in [5.41, 5.74) is 2.67. The highest BCUT2D eigenvalue weighted by Gasteiger charge is 2.20. The number of aryl methyl sites for hydroxylation is 1. The Kier molecular flexibility index (Phi) is 6.11. The Balaban J connectivity index is 1.58. The van der Waals surface area contributed by atoms with Gasteiger partial charge in [0, 0.05) is 17.8 Å². The Morgan fingerprint density at radius 3 is 2.71 bits per heavy atom. The Morgan fingerprint density at radius 1 is 1.11 bits per heavy atom. The Bertz CT molecular complexity index is 1510. The number of esters is 1. The second kappa shape index (κ2) is 9.51. The van der Waals surface area contributed by atoms with Crippen molar-refractivity contribution in [2.45, 2.75) is 13.8 Å². The number of anilines is 2. The SMILES string of the molecule is CCOC(=O)c1cnc(-c2ccccc2)nc1Nc1cc(C)nn1-c1nc2ccc(OC)cc2s1. The number of carbonyl (C=O) groups excluding carboxylic acids is 1. The lowest BCUT2D eigenvalue weighted by Gasteiger charge is -2.12. The van der Waals surface area contributed by atoms with Crippen LogP contribution >= 0.6 is 11.3 Å². The molecule has 2 aromatic carbocycles. The molecule has 0 amide bonds. The fraction of sp³-hybridized carbons (Fsp3) is 0.160. The van der Waals surface area contributed by atoms with E-state index in [-0.39, 0.29) is 12.2 Å². The fourth-order valence-corrected chi connectivity index (χ4v) is 4.49. The maximum absolute atomic E-state index is 12.7. The predicted octanol–water partition coefficient (Wildman–Crippen LogP) is 5.18. The maximum Gasteiger partial charge on any atom is 0.343 e. The van der Waals surface area contributed by atoms with Gasteiger partial charge in [-0.2, -0.15) is 9.78 Å². The number of nitrogens with zero attached hydrogens (tertiary/aromatic N) is 5. The van der Waals surface area contributed by atoms with Crippen LogP contribution in [0.3, 0.4) is 0 Å². The lowest BCUT2D eigenvalue weighted by Crippen LogP contribution is -2.12. The molecule has 35 heavy (non-hydrogen) atoms. The molecule has 0 aliphatic heterocycles. The zero-order valence-corrected chi connectivity index (χ0v) is 20.2. The topological polar surface area (TPSA) is 104 Å². The van der Waals surface area contributed by atoms with Crippen molar-refractivity contribution >= 4 is 39.2 Å². The number of nitrogens with one attached hydrogen (secondary N) is 1. The van der Waals surface area contributed by atoms with Gasteiger partial charge in [-0.25, -0.2) is 19.7 Å². The van der Waals surface area contributed by atoms with E-state index in [1.54, 1.807) is 18.7 Å². The first-order valence-electron chi connectivity index (χ1n) is 10.9. The van der Waals surface area contributed by atoms with Gasteiger partial charge in [0.1, 0.15) is 22.9 Å². The largest absolute Gasteiger partial charge is 0.497 e. The summed E-state index contributed by atoms with van der Waals surface area (Å²) in [6.45, 7) is 3.88. The zero-order chi connectivity index (χ0) is 24.4. The summed E-state index contributed by atoms with van der Waals surface area (Å²) in [4.78, 5) is 26.4. The summed E-state index contributed by atoms with van der Waals surface area (Å²) >= 11 is 1.48. The predicted molar refractivity (Wildman–Crippen MR) is 135 cm³/mol. The van der Waals surface area contributed by atoms with Gasteiger partial charge in [0.15, 0.2) is 5.82 Å². The van der Waals surface area contributed by atoms with E-state index in [0.717, 1.165) is 27.2 Å². The summed E-state index contributed by atoms with van der Waals surface area (Å²) in [6.07, 6.45) is 1.48. The molecule has 5 aromatic rings. The van der Waals surface area contributed by atoms with Crippen molar-refractivity contribution < 1.29 is 14.3 Å². The Morgan fingerprint density at radius 2 is 1.94 bits per heavy atom. The van der Waals surface area contributed by atoms with Gasteiger partial charge in [-0.3, -0.25) is 0 Å². The van der Waals surface area contributed by atoms with Gasteiger partial charge in [-0.1, -0.05) is 41.7 Å². The molecule has 176 valence electrons. The van der Waals surface area contributed by atoms with E-state index >= 15 is 0 Å². The number of ether oxygens (including phenoxy) is 2. The minimum atomic E-state index is -0.510. The van der Waals surface area contributed by atoms with Crippen LogP contribution in [0.2, 0.25) is 0 Å². The van der Waals surface area contributed by atoms with Crippen LogP contribution in [0.5, 0.6) is 5.75 Å². The Labute approximate surface area is 205 Å². The lowest BCUT2D eigenvalue weighted by atomic mass is 10.2. The number of fused-ring (bicyclic) bond motifs is 1. The third-order valence-corrected chi connectivity index (χ3v) is 6.15. The molecule has 0 saturated heterocycles. The van der Waals surface area contributed by atoms with Gasteiger partial charge in [0.05, 0.1) is 29.6 Å². The van der Waals surface area contributed by atoms with Crippen molar-refractivity contribution in [3.05, 3.63) is 72.1 Å². The summed E-state index contributed by atoms with van der Waals surface area (Å²) < 4.78 is 13.2. The van der Waals surface area contributed by atoms with Crippen LogP contribution in [0.25, 0.3) is 26.7 Å². The third-order valence-electron chi connectivity index (χ3n) is 5.16. The number of benzene rings is 2. The van der Waals surface area contributed by atoms with Gasteiger partial charge in [0.2, 0.25) is 5.13 Å². The molecule has 0 radical (unpaired) electrons. The number of rotatable bonds is 7. The second-order valence-corrected chi connectivity index (χ2v) is 8.59. The molecule has 0 spiro atoms. The smallest absolute Gasteiger partial charge is 0.343 e. The molecule has 0 fully saturated rings. The minimum absolute atomic E-state index is 0.228. The van der Waals surface area contributed by atoms with Crippen LogP contribution in [0.15, 0.2) is 60.8 Å². The summed E-state index contributed by atoms with van der Waals surface area (Å²) in [6, 6.07) is 17.1. The molecule has 3 aromatic heterocycles. The summed E-state index contributed by atoms with van der Waals surface area (Å²) in [5, 5.41) is 8.55. The monoisotopic (exact) mass is 486 g/mol.